The van der Waals surface area contributed by atoms with Crippen molar-refractivity contribution in [2.45, 2.75) is 39.2 Å². The monoisotopic (exact) mass is 584 g/mol. The normalized spacial score (nSPS) is 16.4. The number of anilines is 1. The summed E-state index contributed by atoms with van der Waals surface area (Å²) in [6, 6.07) is 12.1. The molecule has 1 saturated heterocycles. The largest absolute Gasteiger partial charge is 0.494 e. The van der Waals surface area contributed by atoms with Crippen LogP contribution >= 0.6 is 0 Å². The summed E-state index contributed by atoms with van der Waals surface area (Å²) in [5.41, 5.74) is 4.19. The molecule has 2 N–H and O–H groups in total. The Morgan fingerprint density at radius 3 is 2.53 bits per heavy atom. The highest BCUT2D eigenvalue weighted by Crippen LogP contribution is 2.37. The maximum absolute atomic E-state index is 13.9. The first-order valence-corrected chi connectivity index (χ1v) is 14.9. The van der Waals surface area contributed by atoms with Gasteiger partial charge in [0.2, 0.25) is 0 Å². The highest BCUT2D eigenvalue weighted by atomic mass is 16.5. The fourth-order valence-corrected chi connectivity index (χ4v) is 5.59. The second-order valence-electron chi connectivity index (χ2n) is 12.3. The lowest BCUT2D eigenvalue weighted by atomic mass is 9.85. The Hall–Kier alpha value is -4.08. The third kappa shape index (κ3) is 6.78. The molecule has 0 radical (unpaired) electrons. The van der Waals surface area contributed by atoms with Gasteiger partial charge >= 0.3 is 0 Å². The van der Waals surface area contributed by atoms with Crippen LogP contribution in [-0.2, 0) is 19.0 Å². The number of carbonyl (C=O) groups is 1. The zero-order valence-electron chi connectivity index (χ0n) is 26.5. The Balaban J connectivity index is 1.45. The molecular weight excluding hydrogens is 540 g/mol. The molecule has 9 nitrogen and oxygen atoms in total. The molecule has 2 aliphatic heterocycles. The Morgan fingerprint density at radius 1 is 1.07 bits per heavy atom. The number of benzene rings is 2. The Morgan fingerprint density at radius 2 is 1.84 bits per heavy atom. The molecule has 0 unspecified atom stereocenters. The number of aromatic nitrogens is 1. The van der Waals surface area contributed by atoms with Crippen molar-refractivity contribution >= 4 is 28.7 Å². The number of aliphatic imine (C=N–C) groups is 1. The SMILES string of the molecule is CNC1=CCC(Oc2cccc3cc(C(=O)Nc4cc(C(C)(C)C)cc(CN5CCN(C)CC5)c4OC)n(C)c23)=CC=N1. The molecule has 5 rings (SSSR count). The number of piperazine rings is 1. The summed E-state index contributed by atoms with van der Waals surface area (Å²) in [6.45, 7) is 11.4. The lowest BCUT2D eigenvalue weighted by Crippen LogP contribution is -2.44. The van der Waals surface area contributed by atoms with Crippen molar-refractivity contribution in [2.24, 2.45) is 12.0 Å². The zero-order valence-corrected chi connectivity index (χ0v) is 26.5. The number of hydrogen-bond donors (Lipinski definition) is 2. The van der Waals surface area contributed by atoms with Gasteiger partial charge < -0.3 is 29.6 Å². The molecule has 0 spiro atoms. The molecule has 9 heteroatoms. The number of carbonyl (C=O) groups excluding carboxylic acids is 1. The average Bonchev–Trinajstić information content (AvgIpc) is 3.15. The third-order valence-electron chi connectivity index (χ3n) is 8.19. The topological polar surface area (TPSA) is 83.4 Å². The third-order valence-corrected chi connectivity index (χ3v) is 8.19. The lowest BCUT2D eigenvalue weighted by Gasteiger charge is -2.33. The van der Waals surface area contributed by atoms with Crippen molar-refractivity contribution < 1.29 is 14.3 Å². The van der Waals surface area contributed by atoms with E-state index in [0.29, 0.717) is 29.3 Å². The fourth-order valence-electron chi connectivity index (χ4n) is 5.59. The maximum atomic E-state index is 13.9. The van der Waals surface area contributed by atoms with E-state index in [1.807, 2.05) is 55.1 Å². The van der Waals surface area contributed by atoms with Crippen molar-refractivity contribution in [2.75, 3.05) is 52.7 Å². The molecule has 3 heterocycles. The number of rotatable bonds is 8. The van der Waals surface area contributed by atoms with Crippen molar-refractivity contribution in [3.8, 4) is 11.5 Å². The molecular formula is C34H44N6O3. The predicted molar refractivity (Wildman–Crippen MR) is 174 cm³/mol. The fraction of sp³-hybridized carbons (Fsp3) is 0.412. The van der Waals surface area contributed by atoms with Crippen LogP contribution in [0.2, 0.25) is 0 Å². The van der Waals surface area contributed by atoms with E-state index in [-0.39, 0.29) is 11.3 Å². The number of amides is 1. The molecule has 3 aromatic rings. The van der Waals surface area contributed by atoms with Gasteiger partial charge in [0, 0.05) is 70.4 Å². The van der Waals surface area contributed by atoms with E-state index in [4.69, 9.17) is 9.47 Å². The van der Waals surface area contributed by atoms with Gasteiger partial charge in [0.1, 0.15) is 23.0 Å². The molecule has 1 amide bonds. The number of fused-ring (bicyclic) bond motifs is 1. The first-order chi connectivity index (χ1) is 20.6. The summed E-state index contributed by atoms with van der Waals surface area (Å²) in [5, 5.41) is 7.18. The molecule has 0 atom stereocenters. The van der Waals surface area contributed by atoms with E-state index in [2.05, 4.69) is 65.4 Å². The van der Waals surface area contributed by atoms with Gasteiger partial charge in [-0.05, 0) is 48.4 Å². The summed E-state index contributed by atoms with van der Waals surface area (Å²) in [4.78, 5) is 23.1. The minimum Gasteiger partial charge on any atom is -0.494 e. The quantitative estimate of drug-likeness (QED) is 0.375. The van der Waals surface area contributed by atoms with E-state index in [1.165, 1.54) is 0 Å². The number of ether oxygens (including phenoxy) is 2. The zero-order chi connectivity index (χ0) is 30.7. The predicted octanol–water partition coefficient (Wildman–Crippen LogP) is 5.28. The number of nitrogens with one attached hydrogen (secondary N) is 2. The van der Waals surface area contributed by atoms with Crippen LogP contribution in [0.3, 0.4) is 0 Å². The molecule has 43 heavy (non-hydrogen) atoms. The van der Waals surface area contributed by atoms with E-state index >= 15 is 0 Å². The van der Waals surface area contributed by atoms with Crippen molar-refractivity contribution in [1.29, 1.82) is 0 Å². The van der Waals surface area contributed by atoms with Crippen LogP contribution in [0.15, 0.2) is 65.1 Å². The van der Waals surface area contributed by atoms with Crippen LogP contribution in [-0.4, -0.2) is 73.9 Å². The Bertz CT molecular complexity index is 1590. The molecule has 0 aliphatic carbocycles. The van der Waals surface area contributed by atoms with Gasteiger partial charge in [-0.2, -0.15) is 0 Å². The second kappa shape index (κ2) is 12.7. The van der Waals surface area contributed by atoms with Gasteiger partial charge in [-0.15, -0.1) is 0 Å². The first kappa shape index (κ1) is 30.4. The van der Waals surface area contributed by atoms with Gasteiger partial charge in [-0.25, -0.2) is 4.99 Å². The molecule has 2 aliphatic rings. The summed E-state index contributed by atoms with van der Waals surface area (Å²) < 4.78 is 14.2. The van der Waals surface area contributed by atoms with Crippen LogP contribution in [0.5, 0.6) is 11.5 Å². The molecule has 0 bridgehead atoms. The minimum atomic E-state index is -0.207. The van der Waals surface area contributed by atoms with Crippen LogP contribution in [0.4, 0.5) is 5.69 Å². The van der Waals surface area contributed by atoms with Crippen molar-refractivity contribution in [1.82, 2.24) is 19.7 Å². The lowest BCUT2D eigenvalue weighted by molar-refractivity contribution is 0.101. The van der Waals surface area contributed by atoms with Crippen molar-refractivity contribution in [3.63, 3.8) is 0 Å². The van der Waals surface area contributed by atoms with Crippen LogP contribution in [0.1, 0.15) is 48.8 Å². The van der Waals surface area contributed by atoms with E-state index in [0.717, 1.165) is 66.3 Å². The Kier molecular flexibility index (Phi) is 8.94. The number of methoxy groups -OCH3 is 1. The first-order valence-electron chi connectivity index (χ1n) is 14.9. The number of allylic oxidation sites excluding steroid dienone is 2. The van der Waals surface area contributed by atoms with E-state index in [9.17, 15) is 4.79 Å². The minimum absolute atomic E-state index is 0.102. The highest BCUT2D eigenvalue weighted by molar-refractivity contribution is 6.07. The van der Waals surface area contributed by atoms with Crippen LogP contribution in [0.25, 0.3) is 10.9 Å². The molecule has 228 valence electrons. The van der Waals surface area contributed by atoms with E-state index in [1.54, 1.807) is 13.3 Å². The summed E-state index contributed by atoms with van der Waals surface area (Å²) >= 11 is 0. The summed E-state index contributed by atoms with van der Waals surface area (Å²) in [5.74, 6) is 2.75. The number of aryl methyl sites for hydroxylation is 1. The second-order valence-corrected chi connectivity index (χ2v) is 12.3. The Labute approximate surface area is 254 Å². The smallest absolute Gasteiger partial charge is 0.272 e. The van der Waals surface area contributed by atoms with Gasteiger partial charge in [0.05, 0.1) is 18.3 Å². The highest BCUT2D eigenvalue weighted by Gasteiger charge is 2.24. The maximum Gasteiger partial charge on any atom is 0.272 e. The molecule has 1 aromatic heterocycles. The van der Waals surface area contributed by atoms with Gasteiger partial charge in [0.25, 0.3) is 5.91 Å². The van der Waals surface area contributed by atoms with Crippen LogP contribution < -0.4 is 20.1 Å². The van der Waals surface area contributed by atoms with Crippen molar-refractivity contribution in [3.05, 3.63) is 77.0 Å². The van der Waals surface area contributed by atoms with Crippen LogP contribution in [0, 0.1) is 0 Å². The number of para-hydroxylation sites is 1. The van der Waals surface area contributed by atoms with Gasteiger partial charge in [-0.3, -0.25) is 9.69 Å². The van der Waals surface area contributed by atoms with Gasteiger partial charge in [-0.1, -0.05) is 39.0 Å². The average molecular weight is 585 g/mol. The molecule has 1 fully saturated rings. The van der Waals surface area contributed by atoms with E-state index < -0.39 is 0 Å². The summed E-state index contributed by atoms with van der Waals surface area (Å²) in [6.07, 6.45) is 6.18. The summed E-state index contributed by atoms with van der Waals surface area (Å²) in [7, 11) is 7.58. The molecule has 2 aromatic carbocycles. The molecule has 0 saturated carbocycles. The number of hydrogen-bond acceptors (Lipinski definition) is 7. The number of likely N-dealkylation sites (N-methyl/N-ethyl adjacent to an activating group) is 1. The standard InChI is InChI=1S/C34H44N6O3/c1-34(2,3)25-19-24(22-40-17-15-38(5)16-18-40)32(42-7)27(21-25)37-33(41)28-20-23-9-8-10-29(31(23)39(28)6)43-26-11-12-30(35-4)36-14-13-26/h8-10,12-14,19-21,35H,11,15-18,22H2,1-7H3,(H,37,41). The van der Waals surface area contributed by atoms with Gasteiger partial charge in [0.15, 0.2) is 5.75 Å². The number of nitrogens with zero attached hydrogens (tertiary/aromatic N) is 4.